The third-order valence-electron chi connectivity index (χ3n) is 3.55. The number of nitrogens with one attached hydrogen (secondary N) is 2. The highest BCUT2D eigenvalue weighted by Gasteiger charge is 2.23. The van der Waals surface area contributed by atoms with E-state index in [-0.39, 0.29) is 17.3 Å². The molecule has 0 aliphatic carbocycles. The highest BCUT2D eigenvalue weighted by molar-refractivity contribution is 6.30. The fourth-order valence-electron chi connectivity index (χ4n) is 2.30. The van der Waals surface area contributed by atoms with Crippen LogP contribution in [-0.4, -0.2) is 14.9 Å². The van der Waals surface area contributed by atoms with Crippen LogP contribution in [0.25, 0.3) is 0 Å². The molecule has 3 rings (SSSR count). The van der Waals surface area contributed by atoms with Gasteiger partial charge in [0.25, 0.3) is 0 Å². The van der Waals surface area contributed by atoms with Crippen LogP contribution in [0.3, 0.4) is 0 Å². The lowest BCUT2D eigenvalue weighted by molar-refractivity contribution is -0.383. The number of nitrogens with zero attached hydrogens (tertiary/aromatic N) is 3. The molecule has 0 unspecified atom stereocenters. The van der Waals surface area contributed by atoms with Crippen LogP contribution in [0.2, 0.25) is 5.02 Å². The van der Waals surface area contributed by atoms with Crippen LogP contribution in [0.5, 0.6) is 0 Å². The molecule has 1 aromatic heterocycles. The minimum absolute atomic E-state index is 0.00859. The van der Waals surface area contributed by atoms with E-state index < -0.39 is 10.7 Å². The van der Waals surface area contributed by atoms with E-state index in [1.807, 2.05) is 6.92 Å². The van der Waals surface area contributed by atoms with E-state index in [9.17, 15) is 14.5 Å². The lowest BCUT2D eigenvalue weighted by atomic mass is 10.2. The number of halogens is 2. The number of aromatic nitrogens is 2. The average Bonchev–Trinajstić information content (AvgIpc) is 2.59. The van der Waals surface area contributed by atoms with Crippen molar-refractivity contribution in [3.05, 3.63) is 75.3 Å². The van der Waals surface area contributed by atoms with Crippen molar-refractivity contribution in [3.8, 4) is 0 Å². The van der Waals surface area contributed by atoms with Crippen LogP contribution in [0.4, 0.5) is 33.1 Å². The summed E-state index contributed by atoms with van der Waals surface area (Å²) in [5.41, 5.74) is 1.57. The summed E-state index contributed by atoms with van der Waals surface area (Å²) in [7, 11) is 0. The number of rotatable bonds is 5. The molecule has 9 heteroatoms. The molecule has 1 heterocycles. The molecule has 132 valence electrons. The van der Waals surface area contributed by atoms with Gasteiger partial charge in [0.15, 0.2) is 0 Å². The molecular formula is C17H13ClFN5O2. The van der Waals surface area contributed by atoms with E-state index in [2.05, 4.69) is 20.6 Å². The second-order valence-corrected chi connectivity index (χ2v) is 5.83. The van der Waals surface area contributed by atoms with Gasteiger partial charge < -0.3 is 10.6 Å². The molecule has 2 N–H and O–H groups in total. The van der Waals surface area contributed by atoms with Crippen molar-refractivity contribution < 1.29 is 9.31 Å². The molecule has 26 heavy (non-hydrogen) atoms. The second-order valence-electron chi connectivity index (χ2n) is 5.39. The molecule has 7 nitrogen and oxygen atoms in total. The predicted octanol–water partition coefficient (Wildman–Crippen LogP) is 4.97. The molecule has 0 radical (unpaired) electrons. The third-order valence-corrected chi connectivity index (χ3v) is 3.79. The van der Waals surface area contributed by atoms with Crippen molar-refractivity contribution in [1.29, 1.82) is 0 Å². The lowest BCUT2D eigenvalue weighted by Crippen LogP contribution is -2.06. The highest BCUT2D eigenvalue weighted by Crippen LogP contribution is 2.34. The number of nitro groups is 1. The van der Waals surface area contributed by atoms with Crippen molar-refractivity contribution in [2.75, 3.05) is 10.6 Å². The van der Waals surface area contributed by atoms with Crippen LogP contribution in [0.15, 0.2) is 48.8 Å². The Morgan fingerprint density at radius 3 is 2.35 bits per heavy atom. The Morgan fingerprint density at radius 1 is 1.08 bits per heavy atom. The maximum absolute atomic E-state index is 13.0. The van der Waals surface area contributed by atoms with Gasteiger partial charge in [-0.2, -0.15) is 0 Å². The van der Waals surface area contributed by atoms with Gasteiger partial charge in [0, 0.05) is 16.4 Å². The molecule has 2 aromatic carbocycles. The van der Waals surface area contributed by atoms with Crippen molar-refractivity contribution in [2.45, 2.75) is 6.92 Å². The van der Waals surface area contributed by atoms with E-state index >= 15 is 0 Å². The van der Waals surface area contributed by atoms with Crippen molar-refractivity contribution in [1.82, 2.24) is 9.97 Å². The van der Waals surface area contributed by atoms with Gasteiger partial charge in [0.2, 0.25) is 11.6 Å². The first-order valence-corrected chi connectivity index (χ1v) is 7.87. The topological polar surface area (TPSA) is 93.0 Å². The largest absolute Gasteiger partial charge is 0.353 e. The van der Waals surface area contributed by atoms with Crippen LogP contribution in [0, 0.1) is 22.9 Å². The van der Waals surface area contributed by atoms with Crippen LogP contribution < -0.4 is 10.6 Å². The summed E-state index contributed by atoms with van der Waals surface area (Å²) in [6.07, 6.45) is 1.20. The Hall–Kier alpha value is -3.26. The summed E-state index contributed by atoms with van der Waals surface area (Å²) >= 11 is 5.93. The summed E-state index contributed by atoms with van der Waals surface area (Å²) in [6.45, 7) is 1.82. The van der Waals surface area contributed by atoms with Gasteiger partial charge in [0.05, 0.1) is 4.92 Å². The molecule has 3 aromatic rings. The molecule has 0 saturated carbocycles. The Balaban J connectivity index is 1.98. The zero-order chi connectivity index (χ0) is 18.7. The molecule has 0 fully saturated rings. The lowest BCUT2D eigenvalue weighted by Gasteiger charge is -2.11. The zero-order valence-electron chi connectivity index (χ0n) is 13.5. The predicted molar refractivity (Wildman–Crippen MR) is 97.8 cm³/mol. The first-order valence-electron chi connectivity index (χ1n) is 7.49. The molecule has 0 bridgehead atoms. The van der Waals surface area contributed by atoms with Crippen molar-refractivity contribution >= 4 is 40.3 Å². The summed E-state index contributed by atoms with van der Waals surface area (Å²) < 4.78 is 13.0. The molecule has 0 aliphatic rings. The van der Waals surface area contributed by atoms with Gasteiger partial charge in [-0.05, 0) is 55.0 Å². The summed E-state index contributed by atoms with van der Waals surface area (Å²) in [4.78, 5) is 18.9. The van der Waals surface area contributed by atoms with Crippen molar-refractivity contribution in [3.63, 3.8) is 0 Å². The van der Waals surface area contributed by atoms with Crippen LogP contribution >= 0.6 is 11.6 Å². The molecule has 0 saturated heterocycles. The summed E-state index contributed by atoms with van der Waals surface area (Å²) in [5, 5.41) is 17.9. The number of benzene rings is 2. The number of aryl methyl sites for hydroxylation is 1. The molecule has 0 aliphatic heterocycles. The van der Waals surface area contributed by atoms with E-state index in [1.165, 1.54) is 30.6 Å². The van der Waals surface area contributed by atoms with Gasteiger partial charge in [-0.3, -0.25) is 10.1 Å². The third kappa shape index (κ3) is 3.86. The van der Waals surface area contributed by atoms with E-state index in [0.29, 0.717) is 16.4 Å². The Labute approximate surface area is 153 Å². The van der Waals surface area contributed by atoms with E-state index in [1.54, 1.807) is 18.2 Å². The molecular weight excluding hydrogens is 361 g/mol. The average molecular weight is 374 g/mol. The summed E-state index contributed by atoms with van der Waals surface area (Å²) in [6, 6.07) is 10.5. The monoisotopic (exact) mass is 373 g/mol. The standard InChI is InChI=1S/C17H13ClFN5O2/c1-10-8-11(18)2-7-14(10)23-17-15(24(25)26)16(20-9-21-17)22-13-5-3-12(19)4-6-13/h2-9H,1H3,(H2,20,21,22,23). The zero-order valence-corrected chi connectivity index (χ0v) is 14.3. The van der Waals surface area contributed by atoms with Crippen molar-refractivity contribution in [2.24, 2.45) is 0 Å². The maximum atomic E-state index is 13.0. The number of anilines is 4. The van der Waals surface area contributed by atoms with Crippen LogP contribution in [-0.2, 0) is 0 Å². The van der Waals surface area contributed by atoms with Gasteiger partial charge in [-0.25, -0.2) is 14.4 Å². The SMILES string of the molecule is Cc1cc(Cl)ccc1Nc1ncnc(Nc2ccc(F)cc2)c1[N+](=O)[O-]. The number of hydrogen-bond acceptors (Lipinski definition) is 6. The Kier molecular flexibility index (Phi) is 4.94. The Morgan fingerprint density at radius 2 is 1.73 bits per heavy atom. The van der Waals surface area contributed by atoms with Gasteiger partial charge in [-0.15, -0.1) is 0 Å². The molecule has 0 amide bonds. The summed E-state index contributed by atoms with van der Waals surface area (Å²) in [5.74, 6) is -0.390. The minimum Gasteiger partial charge on any atom is -0.334 e. The normalized spacial score (nSPS) is 10.4. The fraction of sp³-hybridized carbons (Fsp3) is 0.0588. The first-order chi connectivity index (χ1) is 12.4. The fourth-order valence-corrected chi connectivity index (χ4v) is 2.53. The molecule has 0 spiro atoms. The smallest absolute Gasteiger partial charge is 0.334 e. The van der Waals surface area contributed by atoms with Gasteiger partial charge >= 0.3 is 5.69 Å². The number of hydrogen-bond donors (Lipinski definition) is 2. The quantitative estimate of drug-likeness (QED) is 0.484. The van der Waals surface area contributed by atoms with E-state index in [4.69, 9.17) is 11.6 Å². The first kappa shape index (κ1) is 17.6. The highest BCUT2D eigenvalue weighted by atomic mass is 35.5. The molecule has 0 atom stereocenters. The van der Waals surface area contributed by atoms with Gasteiger partial charge in [0.1, 0.15) is 12.1 Å². The second kappa shape index (κ2) is 7.32. The van der Waals surface area contributed by atoms with Crippen LogP contribution in [0.1, 0.15) is 5.56 Å². The maximum Gasteiger partial charge on any atom is 0.353 e. The van der Waals surface area contributed by atoms with E-state index in [0.717, 1.165) is 5.56 Å². The minimum atomic E-state index is -0.584. The Bertz CT molecular complexity index is 966. The van der Waals surface area contributed by atoms with Gasteiger partial charge in [-0.1, -0.05) is 11.6 Å².